The van der Waals surface area contributed by atoms with E-state index in [9.17, 15) is 19.1 Å². The number of amides is 1. The Labute approximate surface area is 117 Å². The SMILES string of the molecule is CC(O)C(NC(=O)c1cc2c(F)cccc2s1)C(=O)O. The minimum absolute atomic E-state index is 0.192. The van der Waals surface area contributed by atoms with Crippen LogP contribution in [0.15, 0.2) is 24.3 Å². The van der Waals surface area contributed by atoms with Crippen molar-refractivity contribution < 1.29 is 24.2 Å². The number of aliphatic hydroxyl groups excluding tert-OH is 1. The highest BCUT2D eigenvalue weighted by atomic mass is 32.1. The summed E-state index contributed by atoms with van der Waals surface area (Å²) in [5, 5.41) is 20.7. The first-order valence-corrected chi connectivity index (χ1v) is 6.61. The van der Waals surface area contributed by atoms with Crippen molar-refractivity contribution >= 4 is 33.3 Å². The molecule has 2 aromatic rings. The van der Waals surface area contributed by atoms with Crippen LogP contribution in [0.1, 0.15) is 16.6 Å². The summed E-state index contributed by atoms with van der Waals surface area (Å²) in [5.74, 6) is -2.43. The van der Waals surface area contributed by atoms with Crippen molar-refractivity contribution in [3.05, 3.63) is 35.0 Å². The Balaban J connectivity index is 2.27. The van der Waals surface area contributed by atoms with E-state index in [4.69, 9.17) is 5.11 Å². The lowest BCUT2D eigenvalue weighted by atomic mass is 10.2. The topological polar surface area (TPSA) is 86.6 Å². The van der Waals surface area contributed by atoms with E-state index < -0.39 is 29.8 Å². The highest BCUT2D eigenvalue weighted by Gasteiger charge is 2.26. The van der Waals surface area contributed by atoms with Crippen LogP contribution in [-0.4, -0.2) is 34.2 Å². The zero-order valence-corrected chi connectivity index (χ0v) is 11.3. The number of carbonyl (C=O) groups is 2. The predicted octanol–water partition coefficient (Wildman–Crippen LogP) is 1.60. The minimum Gasteiger partial charge on any atom is -0.480 e. The van der Waals surface area contributed by atoms with Crippen LogP contribution in [0.3, 0.4) is 0 Å². The van der Waals surface area contributed by atoms with Gasteiger partial charge in [0, 0.05) is 10.1 Å². The molecule has 2 unspecified atom stereocenters. The molecule has 20 heavy (non-hydrogen) atoms. The van der Waals surface area contributed by atoms with Crippen molar-refractivity contribution in [1.29, 1.82) is 0 Å². The van der Waals surface area contributed by atoms with Crippen LogP contribution in [0, 0.1) is 5.82 Å². The third kappa shape index (κ3) is 2.78. The molecule has 106 valence electrons. The number of carboxylic acid groups (broad SMARTS) is 1. The van der Waals surface area contributed by atoms with E-state index in [2.05, 4.69) is 5.32 Å². The molecule has 0 aliphatic rings. The van der Waals surface area contributed by atoms with Crippen LogP contribution in [-0.2, 0) is 4.79 Å². The quantitative estimate of drug-likeness (QED) is 0.800. The summed E-state index contributed by atoms with van der Waals surface area (Å²) in [5.41, 5.74) is 0. The lowest BCUT2D eigenvalue weighted by molar-refractivity contribution is -0.141. The Morgan fingerprint density at radius 2 is 2.10 bits per heavy atom. The molecule has 2 atom stereocenters. The Morgan fingerprint density at radius 1 is 1.40 bits per heavy atom. The third-order valence-electron chi connectivity index (χ3n) is 2.77. The summed E-state index contributed by atoms with van der Waals surface area (Å²) >= 11 is 1.06. The molecule has 1 heterocycles. The Kier molecular flexibility index (Phi) is 4.01. The number of halogens is 1. The van der Waals surface area contributed by atoms with Crippen molar-refractivity contribution in [2.75, 3.05) is 0 Å². The average molecular weight is 297 g/mol. The number of rotatable bonds is 4. The molecule has 0 bridgehead atoms. The van der Waals surface area contributed by atoms with Crippen molar-refractivity contribution in [2.45, 2.75) is 19.1 Å². The normalized spacial score (nSPS) is 13.9. The number of fused-ring (bicyclic) bond motifs is 1. The standard InChI is InChI=1S/C13H12FNO4S/c1-6(16)11(13(18)19)15-12(17)10-5-7-8(14)3-2-4-9(7)20-10/h2-6,11,16H,1H3,(H,15,17)(H,18,19). The summed E-state index contributed by atoms with van der Waals surface area (Å²) in [4.78, 5) is 23.0. The lowest BCUT2D eigenvalue weighted by Crippen LogP contribution is -2.47. The van der Waals surface area contributed by atoms with E-state index in [1.54, 1.807) is 6.07 Å². The molecule has 1 aromatic heterocycles. The summed E-state index contributed by atoms with van der Waals surface area (Å²) < 4.78 is 14.1. The van der Waals surface area contributed by atoms with Crippen LogP contribution >= 0.6 is 11.3 Å². The number of hydrogen-bond donors (Lipinski definition) is 3. The largest absolute Gasteiger partial charge is 0.480 e. The van der Waals surface area contributed by atoms with Gasteiger partial charge in [0.1, 0.15) is 5.82 Å². The number of benzene rings is 1. The maximum atomic E-state index is 13.5. The first kappa shape index (κ1) is 14.4. The van der Waals surface area contributed by atoms with Crippen LogP contribution in [0.4, 0.5) is 4.39 Å². The van der Waals surface area contributed by atoms with E-state index in [1.807, 2.05) is 0 Å². The Hall–Kier alpha value is -1.99. The van der Waals surface area contributed by atoms with Gasteiger partial charge >= 0.3 is 5.97 Å². The molecular weight excluding hydrogens is 285 g/mol. The molecule has 7 heteroatoms. The fourth-order valence-electron chi connectivity index (χ4n) is 1.74. The van der Waals surface area contributed by atoms with Gasteiger partial charge in [0.2, 0.25) is 0 Å². The molecule has 0 aliphatic heterocycles. The molecule has 0 saturated heterocycles. The van der Waals surface area contributed by atoms with Gasteiger partial charge in [0.05, 0.1) is 11.0 Å². The summed E-state index contributed by atoms with van der Waals surface area (Å²) in [6.07, 6.45) is -1.23. The monoisotopic (exact) mass is 297 g/mol. The van der Waals surface area contributed by atoms with Gasteiger partial charge in [-0.25, -0.2) is 9.18 Å². The molecule has 1 amide bonds. The van der Waals surface area contributed by atoms with Crippen molar-refractivity contribution in [3.63, 3.8) is 0 Å². The predicted molar refractivity (Wildman–Crippen MR) is 72.4 cm³/mol. The second-order valence-corrected chi connectivity index (χ2v) is 5.38. The Morgan fingerprint density at radius 3 is 2.65 bits per heavy atom. The maximum Gasteiger partial charge on any atom is 0.328 e. The van der Waals surface area contributed by atoms with Crippen LogP contribution in [0.2, 0.25) is 0 Å². The maximum absolute atomic E-state index is 13.5. The molecule has 2 rings (SSSR count). The second-order valence-electron chi connectivity index (χ2n) is 4.29. The van der Waals surface area contributed by atoms with Gasteiger partial charge < -0.3 is 15.5 Å². The molecule has 0 spiro atoms. The minimum atomic E-state index is -1.41. The molecule has 0 radical (unpaired) electrons. The summed E-state index contributed by atoms with van der Waals surface area (Å²) in [7, 11) is 0. The molecule has 0 saturated carbocycles. The first-order valence-electron chi connectivity index (χ1n) is 5.80. The van der Waals surface area contributed by atoms with Crippen molar-refractivity contribution in [3.8, 4) is 0 Å². The Bertz CT molecular complexity index is 667. The highest BCUT2D eigenvalue weighted by molar-refractivity contribution is 7.20. The van der Waals surface area contributed by atoms with Gasteiger partial charge in [-0.2, -0.15) is 0 Å². The summed E-state index contributed by atoms with van der Waals surface area (Å²) in [6, 6.07) is 4.45. The fourth-order valence-corrected chi connectivity index (χ4v) is 2.72. The van der Waals surface area contributed by atoms with E-state index >= 15 is 0 Å². The van der Waals surface area contributed by atoms with E-state index in [0.29, 0.717) is 10.1 Å². The fraction of sp³-hybridized carbons (Fsp3) is 0.231. The summed E-state index contributed by atoms with van der Waals surface area (Å²) in [6.45, 7) is 1.27. The molecular formula is C13H12FNO4S. The molecule has 1 aromatic carbocycles. The smallest absolute Gasteiger partial charge is 0.328 e. The molecule has 0 aliphatic carbocycles. The van der Waals surface area contributed by atoms with Gasteiger partial charge in [0.25, 0.3) is 5.91 Å². The first-order chi connectivity index (χ1) is 9.40. The number of nitrogens with one attached hydrogen (secondary N) is 1. The average Bonchev–Trinajstić information content (AvgIpc) is 2.80. The molecule has 3 N–H and O–H groups in total. The van der Waals surface area contributed by atoms with Gasteiger partial charge in [-0.15, -0.1) is 11.3 Å². The number of hydrogen-bond acceptors (Lipinski definition) is 4. The van der Waals surface area contributed by atoms with Crippen LogP contribution in [0.25, 0.3) is 10.1 Å². The lowest BCUT2D eigenvalue weighted by Gasteiger charge is -2.16. The van der Waals surface area contributed by atoms with Gasteiger partial charge in [-0.1, -0.05) is 6.07 Å². The number of aliphatic hydroxyl groups is 1. The number of aliphatic carboxylic acids is 1. The number of thiophene rings is 1. The van der Waals surface area contributed by atoms with E-state index in [0.717, 1.165) is 11.3 Å². The van der Waals surface area contributed by atoms with E-state index in [-0.39, 0.29) is 4.88 Å². The molecule has 5 nitrogen and oxygen atoms in total. The van der Waals surface area contributed by atoms with Crippen molar-refractivity contribution in [1.82, 2.24) is 5.32 Å². The van der Waals surface area contributed by atoms with Gasteiger partial charge in [-0.3, -0.25) is 4.79 Å². The van der Waals surface area contributed by atoms with Crippen LogP contribution < -0.4 is 5.32 Å². The highest BCUT2D eigenvalue weighted by Crippen LogP contribution is 2.27. The zero-order valence-electron chi connectivity index (χ0n) is 10.5. The van der Waals surface area contributed by atoms with Crippen molar-refractivity contribution in [2.24, 2.45) is 0 Å². The number of carboxylic acids is 1. The van der Waals surface area contributed by atoms with Gasteiger partial charge in [0.15, 0.2) is 6.04 Å². The van der Waals surface area contributed by atoms with E-state index in [1.165, 1.54) is 25.1 Å². The second kappa shape index (κ2) is 5.56. The third-order valence-corrected chi connectivity index (χ3v) is 3.87. The zero-order chi connectivity index (χ0) is 14.9. The molecule has 0 fully saturated rings. The van der Waals surface area contributed by atoms with Crippen LogP contribution in [0.5, 0.6) is 0 Å². The van der Waals surface area contributed by atoms with Gasteiger partial charge in [-0.05, 0) is 25.1 Å². The number of carbonyl (C=O) groups excluding carboxylic acids is 1.